The van der Waals surface area contributed by atoms with E-state index < -0.39 is 0 Å². The number of nitrogens with one attached hydrogen (secondary N) is 1. The van der Waals surface area contributed by atoms with Crippen LogP contribution in [0.1, 0.15) is 19.4 Å². The molecule has 0 amide bonds. The molecule has 18 heavy (non-hydrogen) atoms. The van der Waals surface area contributed by atoms with Gasteiger partial charge in [0.15, 0.2) is 0 Å². The zero-order valence-electron chi connectivity index (χ0n) is 11.3. The first-order valence-electron chi connectivity index (χ1n) is 6.28. The molecule has 1 N–H and O–H groups in total. The Kier molecular flexibility index (Phi) is 5.93. The van der Waals surface area contributed by atoms with Crippen molar-refractivity contribution in [2.45, 2.75) is 32.5 Å². The highest BCUT2D eigenvalue weighted by Crippen LogP contribution is 2.15. The molecule has 2 rings (SSSR count). The summed E-state index contributed by atoms with van der Waals surface area (Å²) in [5.41, 5.74) is 1.32. The number of benzene rings is 1. The molecule has 0 saturated carbocycles. The van der Waals surface area contributed by atoms with E-state index in [1.165, 1.54) is 5.56 Å². The van der Waals surface area contributed by atoms with E-state index in [0.717, 1.165) is 25.4 Å². The van der Waals surface area contributed by atoms with Crippen LogP contribution in [0.5, 0.6) is 5.75 Å². The van der Waals surface area contributed by atoms with Crippen molar-refractivity contribution in [3.8, 4) is 5.75 Å². The van der Waals surface area contributed by atoms with E-state index >= 15 is 0 Å². The molecule has 2 atom stereocenters. The summed E-state index contributed by atoms with van der Waals surface area (Å²) < 4.78 is 5.26. The van der Waals surface area contributed by atoms with E-state index in [4.69, 9.17) is 4.74 Å². The maximum Gasteiger partial charge on any atom is 0.119 e. The van der Waals surface area contributed by atoms with Crippen molar-refractivity contribution >= 4 is 12.4 Å². The second kappa shape index (κ2) is 6.98. The minimum atomic E-state index is 0. The molecule has 3 nitrogen and oxygen atoms in total. The Morgan fingerprint density at radius 3 is 2.56 bits per heavy atom. The quantitative estimate of drug-likeness (QED) is 0.912. The molecule has 1 aliphatic heterocycles. The standard InChI is InChI=1S/C14H22N2O.ClH/c1-11-8-16(9-12(2)15-11)10-13-5-4-6-14(7-13)17-3;/h4-7,11-12,15H,8-10H2,1-3H3;1H. The van der Waals surface area contributed by atoms with Gasteiger partial charge < -0.3 is 10.1 Å². The number of methoxy groups -OCH3 is 1. The first-order valence-corrected chi connectivity index (χ1v) is 6.28. The van der Waals surface area contributed by atoms with Gasteiger partial charge in [-0.25, -0.2) is 0 Å². The summed E-state index contributed by atoms with van der Waals surface area (Å²) in [6, 6.07) is 9.49. The summed E-state index contributed by atoms with van der Waals surface area (Å²) in [5.74, 6) is 0.943. The fourth-order valence-electron chi connectivity index (χ4n) is 2.60. The van der Waals surface area contributed by atoms with Gasteiger partial charge in [-0.2, -0.15) is 0 Å². The van der Waals surface area contributed by atoms with Crippen molar-refractivity contribution in [1.82, 2.24) is 10.2 Å². The van der Waals surface area contributed by atoms with Crippen LogP contribution in [0.2, 0.25) is 0 Å². The molecule has 0 spiro atoms. The van der Waals surface area contributed by atoms with Crippen LogP contribution in [-0.2, 0) is 6.54 Å². The van der Waals surface area contributed by atoms with Crippen molar-refractivity contribution in [2.24, 2.45) is 0 Å². The van der Waals surface area contributed by atoms with E-state index in [9.17, 15) is 0 Å². The van der Waals surface area contributed by atoms with Crippen LogP contribution < -0.4 is 10.1 Å². The number of piperazine rings is 1. The van der Waals surface area contributed by atoms with Gasteiger partial charge in [0.05, 0.1) is 7.11 Å². The second-order valence-electron chi connectivity index (χ2n) is 5.01. The van der Waals surface area contributed by atoms with Gasteiger partial charge in [0.2, 0.25) is 0 Å². The number of hydrogen-bond donors (Lipinski definition) is 1. The molecule has 0 aromatic heterocycles. The monoisotopic (exact) mass is 270 g/mol. The number of nitrogens with zero attached hydrogens (tertiary/aromatic N) is 1. The predicted octanol–water partition coefficient (Wildman–Crippen LogP) is 2.30. The van der Waals surface area contributed by atoms with E-state index in [1.54, 1.807) is 7.11 Å². The van der Waals surface area contributed by atoms with Gasteiger partial charge in [0, 0.05) is 31.7 Å². The van der Waals surface area contributed by atoms with Crippen molar-refractivity contribution in [2.75, 3.05) is 20.2 Å². The second-order valence-corrected chi connectivity index (χ2v) is 5.01. The van der Waals surface area contributed by atoms with Crippen molar-refractivity contribution in [3.63, 3.8) is 0 Å². The highest BCUT2D eigenvalue weighted by atomic mass is 35.5. The number of ether oxygens (including phenoxy) is 1. The van der Waals surface area contributed by atoms with Gasteiger partial charge >= 0.3 is 0 Å². The molecule has 1 aliphatic rings. The van der Waals surface area contributed by atoms with E-state index in [-0.39, 0.29) is 12.4 Å². The van der Waals surface area contributed by atoms with Crippen LogP contribution in [0.15, 0.2) is 24.3 Å². The molecule has 1 heterocycles. The zero-order chi connectivity index (χ0) is 12.3. The van der Waals surface area contributed by atoms with Crippen molar-refractivity contribution in [1.29, 1.82) is 0 Å². The zero-order valence-corrected chi connectivity index (χ0v) is 12.2. The molecule has 1 saturated heterocycles. The highest BCUT2D eigenvalue weighted by Gasteiger charge is 2.20. The molecular formula is C14H23ClN2O. The fraction of sp³-hybridized carbons (Fsp3) is 0.571. The van der Waals surface area contributed by atoms with Gasteiger partial charge in [-0.05, 0) is 31.5 Å². The molecule has 1 aromatic rings. The number of hydrogen-bond acceptors (Lipinski definition) is 3. The Hall–Kier alpha value is -0.770. The predicted molar refractivity (Wildman–Crippen MR) is 77.6 cm³/mol. The minimum absolute atomic E-state index is 0. The molecule has 0 aliphatic carbocycles. The van der Waals surface area contributed by atoms with Crippen molar-refractivity contribution in [3.05, 3.63) is 29.8 Å². The highest BCUT2D eigenvalue weighted by molar-refractivity contribution is 5.85. The Morgan fingerprint density at radius 2 is 1.94 bits per heavy atom. The third-order valence-electron chi connectivity index (χ3n) is 3.17. The van der Waals surface area contributed by atoms with Crippen molar-refractivity contribution < 1.29 is 4.74 Å². The van der Waals surface area contributed by atoms with Gasteiger partial charge in [0.1, 0.15) is 5.75 Å². The Morgan fingerprint density at radius 1 is 1.28 bits per heavy atom. The van der Waals surface area contributed by atoms with Gasteiger partial charge in [-0.1, -0.05) is 12.1 Å². The van der Waals surface area contributed by atoms with E-state index in [0.29, 0.717) is 12.1 Å². The summed E-state index contributed by atoms with van der Waals surface area (Å²) in [6.07, 6.45) is 0. The lowest BCUT2D eigenvalue weighted by Crippen LogP contribution is -2.53. The summed E-state index contributed by atoms with van der Waals surface area (Å²) in [4.78, 5) is 2.50. The van der Waals surface area contributed by atoms with Crippen LogP contribution >= 0.6 is 12.4 Å². The topological polar surface area (TPSA) is 24.5 Å². The average molecular weight is 271 g/mol. The molecule has 102 valence electrons. The third kappa shape index (κ3) is 4.16. The summed E-state index contributed by atoms with van der Waals surface area (Å²) in [6.45, 7) is 7.72. The van der Waals surface area contributed by atoms with Crippen LogP contribution in [0, 0.1) is 0 Å². The summed E-state index contributed by atoms with van der Waals surface area (Å²) in [7, 11) is 1.72. The molecule has 2 unspecified atom stereocenters. The largest absolute Gasteiger partial charge is 0.497 e. The minimum Gasteiger partial charge on any atom is -0.497 e. The Bertz CT molecular complexity index is 363. The molecule has 0 bridgehead atoms. The van der Waals surface area contributed by atoms with Crippen LogP contribution in [0.3, 0.4) is 0 Å². The van der Waals surface area contributed by atoms with Gasteiger partial charge in [-0.15, -0.1) is 12.4 Å². The molecular weight excluding hydrogens is 248 g/mol. The van der Waals surface area contributed by atoms with E-state index in [2.05, 4.69) is 42.3 Å². The fourth-order valence-corrected chi connectivity index (χ4v) is 2.60. The van der Waals surface area contributed by atoms with E-state index in [1.807, 2.05) is 6.07 Å². The lowest BCUT2D eigenvalue weighted by molar-refractivity contribution is 0.166. The first kappa shape index (κ1) is 15.3. The number of halogens is 1. The van der Waals surface area contributed by atoms with Gasteiger partial charge in [-0.3, -0.25) is 4.90 Å². The van der Waals surface area contributed by atoms with Crippen LogP contribution in [0.4, 0.5) is 0 Å². The summed E-state index contributed by atoms with van der Waals surface area (Å²) >= 11 is 0. The smallest absolute Gasteiger partial charge is 0.119 e. The normalized spacial score (nSPS) is 24.4. The Balaban J connectivity index is 0.00000162. The Labute approximate surface area is 116 Å². The first-order chi connectivity index (χ1) is 8.17. The molecule has 4 heteroatoms. The molecule has 0 radical (unpaired) electrons. The lowest BCUT2D eigenvalue weighted by atomic mass is 10.1. The average Bonchev–Trinajstić information content (AvgIpc) is 2.28. The van der Waals surface area contributed by atoms with Gasteiger partial charge in [0.25, 0.3) is 0 Å². The maximum atomic E-state index is 5.26. The molecule has 1 aromatic carbocycles. The maximum absolute atomic E-state index is 5.26. The van der Waals surface area contributed by atoms with Crippen LogP contribution in [0.25, 0.3) is 0 Å². The number of rotatable bonds is 3. The summed E-state index contributed by atoms with van der Waals surface area (Å²) in [5, 5.41) is 3.55. The van der Waals surface area contributed by atoms with Crippen LogP contribution in [-0.4, -0.2) is 37.2 Å². The third-order valence-corrected chi connectivity index (χ3v) is 3.17. The molecule has 1 fully saturated rings. The SMILES string of the molecule is COc1cccc(CN2CC(C)NC(C)C2)c1.Cl. The lowest BCUT2D eigenvalue weighted by Gasteiger charge is -2.36.